The number of sulfonamides is 1. The maximum atomic E-state index is 14.9. The van der Waals surface area contributed by atoms with E-state index in [0.29, 0.717) is 0 Å². The van der Waals surface area contributed by atoms with Crippen LogP contribution in [0.15, 0.2) is 58.3 Å². The number of anilines is 1. The highest BCUT2D eigenvalue weighted by Crippen LogP contribution is 2.39. The largest absolute Gasteiger partial charge is 0.491 e. The molecule has 1 aliphatic carbocycles. The van der Waals surface area contributed by atoms with Crippen LogP contribution in [0, 0.1) is 17.6 Å². The van der Waals surface area contributed by atoms with Crippen molar-refractivity contribution in [2.45, 2.75) is 30.2 Å². The van der Waals surface area contributed by atoms with Gasteiger partial charge in [-0.2, -0.15) is 0 Å². The third kappa shape index (κ3) is 5.27. The third-order valence-corrected chi connectivity index (χ3v) is 8.85. The van der Waals surface area contributed by atoms with Crippen molar-refractivity contribution in [3.63, 3.8) is 0 Å². The van der Waals surface area contributed by atoms with E-state index in [1.165, 1.54) is 34.4 Å². The zero-order valence-corrected chi connectivity index (χ0v) is 21.6. The van der Waals surface area contributed by atoms with Crippen LogP contribution in [-0.2, 0) is 10.0 Å². The number of nitrogens with one attached hydrogen (secondary N) is 1. The molecule has 2 atom stereocenters. The Morgan fingerprint density at radius 2 is 1.97 bits per heavy atom. The summed E-state index contributed by atoms with van der Waals surface area (Å²) in [6, 6.07) is 8.67. The van der Waals surface area contributed by atoms with Gasteiger partial charge >= 0.3 is 0 Å². The quantitative estimate of drug-likeness (QED) is 0.382. The van der Waals surface area contributed by atoms with Crippen molar-refractivity contribution in [2.24, 2.45) is 5.92 Å². The van der Waals surface area contributed by atoms with E-state index in [9.17, 15) is 17.2 Å². The Hall–Kier alpha value is -2.53. The lowest BCUT2D eigenvalue weighted by atomic mass is 9.79. The predicted octanol–water partition coefficient (Wildman–Crippen LogP) is 5.82. The molecular formula is C25H24ClF2N3O3S2. The van der Waals surface area contributed by atoms with Crippen molar-refractivity contribution < 1.29 is 21.9 Å². The first kappa shape index (κ1) is 25.1. The summed E-state index contributed by atoms with van der Waals surface area (Å²) in [5, 5.41) is 1.48. The molecular weight excluding hydrogens is 528 g/mol. The Morgan fingerprint density at radius 1 is 1.19 bits per heavy atom. The minimum atomic E-state index is -4.22. The van der Waals surface area contributed by atoms with E-state index in [0.717, 1.165) is 55.6 Å². The lowest BCUT2D eigenvalue weighted by Crippen LogP contribution is -2.51. The van der Waals surface area contributed by atoms with Gasteiger partial charge in [-0.15, -0.1) is 11.3 Å². The van der Waals surface area contributed by atoms with E-state index in [-0.39, 0.29) is 41.0 Å². The Morgan fingerprint density at radius 3 is 2.64 bits per heavy atom. The topological polar surface area (TPSA) is 71.5 Å². The standard InChI is InChI=1S/C25H24ClF2N3O3S2/c26-20-11-24(36(32,33)30-25-14-35-15-29-25)21(28)12-23(20)34-13-19-18(16-5-7-17(27)8-6-16)3-1-4-22(19)31-9-2-10-31/h3,5-8,11-12,14-15,19,22,30H,1-2,4,9-10,13H2/t19-,22-/m1/s1. The number of thiazole rings is 1. The molecule has 36 heavy (non-hydrogen) atoms. The van der Waals surface area contributed by atoms with E-state index < -0.39 is 20.7 Å². The molecule has 0 bridgehead atoms. The first-order chi connectivity index (χ1) is 17.3. The molecule has 1 fully saturated rings. The zero-order chi connectivity index (χ0) is 25.3. The number of likely N-dealkylation sites (tertiary alicyclic amines) is 1. The number of rotatable bonds is 8. The predicted molar refractivity (Wildman–Crippen MR) is 137 cm³/mol. The number of hydrogen-bond acceptors (Lipinski definition) is 6. The lowest BCUT2D eigenvalue weighted by molar-refractivity contribution is 0.0683. The Labute approximate surface area is 217 Å². The first-order valence-corrected chi connectivity index (χ1v) is 14.3. The van der Waals surface area contributed by atoms with Crippen LogP contribution in [0.3, 0.4) is 0 Å². The summed E-state index contributed by atoms with van der Waals surface area (Å²) in [6.45, 7) is 2.23. The van der Waals surface area contributed by atoms with Gasteiger partial charge in [0.1, 0.15) is 22.3 Å². The molecule has 0 spiro atoms. The number of allylic oxidation sites excluding steroid dienone is 1. The molecule has 1 saturated heterocycles. The van der Waals surface area contributed by atoms with Gasteiger partial charge in [-0.3, -0.25) is 9.62 Å². The summed E-state index contributed by atoms with van der Waals surface area (Å²) in [6.07, 6.45) is 5.15. The normalized spacial score (nSPS) is 20.5. The second-order valence-corrected chi connectivity index (χ2v) is 11.6. The summed E-state index contributed by atoms with van der Waals surface area (Å²) in [5.74, 6) is -1.16. The third-order valence-electron chi connectivity index (χ3n) is 6.59. The molecule has 2 aromatic carbocycles. The fourth-order valence-corrected chi connectivity index (χ4v) is 6.64. The minimum Gasteiger partial charge on any atom is -0.491 e. The molecule has 2 heterocycles. The zero-order valence-electron chi connectivity index (χ0n) is 19.2. The minimum absolute atomic E-state index is 0.0151. The highest BCUT2D eigenvalue weighted by atomic mass is 35.5. The van der Waals surface area contributed by atoms with E-state index in [1.54, 1.807) is 12.1 Å². The molecule has 2 aliphatic rings. The summed E-state index contributed by atoms with van der Waals surface area (Å²) < 4.78 is 62.0. The molecule has 11 heteroatoms. The van der Waals surface area contributed by atoms with Crippen molar-refractivity contribution in [3.05, 3.63) is 75.6 Å². The molecule has 190 valence electrons. The molecule has 5 rings (SSSR count). The van der Waals surface area contributed by atoms with E-state index in [2.05, 4.69) is 20.7 Å². The van der Waals surface area contributed by atoms with Gasteiger partial charge in [0.2, 0.25) is 0 Å². The molecule has 1 N–H and O–H groups in total. The Balaban J connectivity index is 1.38. The lowest BCUT2D eigenvalue weighted by Gasteiger charge is -2.45. The van der Waals surface area contributed by atoms with Crippen LogP contribution in [0.4, 0.5) is 14.6 Å². The van der Waals surface area contributed by atoms with Gasteiger partial charge in [0.25, 0.3) is 10.0 Å². The molecule has 1 aliphatic heterocycles. The molecule has 0 unspecified atom stereocenters. The highest BCUT2D eigenvalue weighted by molar-refractivity contribution is 7.92. The van der Waals surface area contributed by atoms with Gasteiger partial charge in [0, 0.05) is 23.4 Å². The van der Waals surface area contributed by atoms with Crippen LogP contribution in [-0.4, -0.2) is 44.0 Å². The van der Waals surface area contributed by atoms with Crippen LogP contribution in [0.2, 0.25) is 5.02 Å². The highest BCUT2D eigenvalue weighted by Gasteiger charge is 2.36. The van der Waals surface area contributed by atoms with Crippen molar-refractivity contribution in [2.75, 3.05) is 24.4 Å². The molecule has 0 amide bonds. The van der Waals surface area contributed by atoms with Crippen molar-refractivity contribution in [1.29, 1.82) is 0 Å². The summed E-state index contributed by atoms with van der Waals surface area (Å²) in [7, 11) is -4.22. The maximum Gasteiger partial charge on any atom is 0.266 e. The van der Waals surface area contributed by atoms with Crippen LogP contribution in [0.1, 0.15) is 24.8 Å². The van der Waals surface area contributed by atoms with Gasteiger partial charge in [0.05, 0.1) is 17.1 Å². The second kappa shape index (κ2) is 10.5. The van der Waals surface area contributed by atoms with Crippen LogP contribution >= 0.6 is 22.9 Å². The van der Waals surface area contributed by atoms with Crippen molar-refractivity contribution in [1.82, 2.24) is 9.88 Å². The van der Waals surface area contributed by atoms with Gasteiger partial charge in [0.15, 0.2) is 5.82 Å². The average Bonchev–Trinajstić information content (AvgIpc) is 3.31. The van der Waals surface area contributed by atoms with Crippen LogP contribution < -0.4 is 9.46 Å². The summed E-state index contributed by atoms with van der Waals surface area (Å²) in [4.78, 5) is 5.69. The van der Waals surface area contributed by atoms with E-state index in [1.807, 2.05) is 0 Å². The average molecular weight is 552 g/mol. The first-order valence-electron chi connectivity index (χ1n) is 11.5. The number of ether oxygens (including phenoxy) is 1. The fourth-order valence-electron chi connectivity index (χ4n) is 4.72. The molecule has 0 radical (unpaired) electrons. The number of benzene rings is 2. The SMILES string of the molecule is O=S(=O)(Nc1cscn1)c1cc(Cl)c(OC[C@@H]2C(c3ccc(F)cc3)=CCC[C@H]2N2CCC2)cc1F. The van der Waals surface area contributed by atoms with Gasteiger partial charge in [-0.05, 0) is 61.7 Å². The van der Waals surface area contributed by atoms with Crippen LogP contribution in [0.25, 0.3) is 5.57 Å². The van der Waals surface area contributed by atoms with Crippen molar-refractivity contribution in [3.8, 4) is 5.75 Å². The smallest absolute Gasteiger partial charge is 0.266 e. The van der Waals surface area contributed by atoms with Gasteiger partial charge in [-0.1, -0.05) is 29.8 Å². The fraction of sp³-hybridized carbons (Fsp3) is 0.320. The van der Waals surface area contributed by atoms with E-state index >= 15 is 0 Å². The summed E-state index contributed by atoms with van der Waals surface area (Å²) in [5.41, 5.74) is 3.44. The number of hydrogen-bond donors (Lipinski definition) is 1. The number of nitrogens with zero attached hydrogens (tertiary/aromatic N) is 2. The molecule has 6 nitrogen and oxygen atoms in total. The number of halogens is 3. The Bertz CT molecular complexity index is 1360. The maximum absolute atomic E-state index is 14.9. The molecule has 1 aromatic heterocycles. The summed E-state index contributed by atoms with van der Waals surface area (Å²) >= 11 is 7.56. The monoisotopic (exact) mass is 551 g/mol. The molecule has 0 saturated carbocycles. The van der Waals surface area contributed by atoms with E-state index in [4.69, 9.17) is 16.3 Å². The Kier molecular flexibility index (Phi) is 7.30. The molecule has 3 aromatic rings. The van der Waals surface area contributed by atoms with Crippen LogP contribution in [0.5, 0.6) is 5.75 Å². The second-order valence-electron chi connectivity index (χ2n) is 8.81. The number of aromatic nitrogens is 1. The van der Waals surface area contributed by atoms with Crippen molar-refractivity contribution >= 4 is 44.4 Å². The van der Waals surface area contributed by atoms with Gasteiger partial charge < -0.3 is 4.74 Å². The van der Waals surface area contributed by atoms with Gasteiger partial charge in [-0.25, -0.2) is 22.2 Å².